The van der Waals surface area contributed by atoms with Crippen molar-refractivity contribution in [2.24, 2.45) is 11.3 Å². The maximum atomic E-state index is 12.4. The highest BCUT2D eigenvalue weighted by atomic mass is 19.3. The van der Waals surface area contributed by atoms with E-state index in [1.165, 1.54) is 6.07 Å². The zero-order valence-electron chi connectivity index (χ0n) is 11.9. The van der Waals surface area contributed by atoms with Gasteiger partial charge in [-0.3, -0.25) is 9.69 Å². The number of ether oxygens (including phenoxy) is 2. The fourth-order valence-electron chi connectivity index (χ4n) is 3.35. The summed E-state index contributed by atoms with van der Waals surface area (Å²) in [4.78, 5) is 13.6. The molecule has 2 fully saturated rings. The molecule has 22 heavy (non-hydrogen) atoms. The summed E-state index contributed by atoms with van der Waals surface area (Å²) in [5.74, 6) is -0.780. The number of nitrogens with zero attached hydrogens (tertiary/aromatic N) is 1. The maximum absolute atomic E-state index is 12.4. The standard InChI is InChI=1S/C15H17F2NO4/c16-14(17)22-12-4-2-1-3-10(12)5-18-6-11-7-21-9-15(11,8-18)13(19)20/h1-4,11,14H,5-9H2,(H,19,20)/t11-,15-/m1/s1. The lowest BCUT2D eigenvalue weighted by Gasteiger charge is -2.22. The van der Waals surface area contributed by atoms with Gasteiger partial charge in [-0.2, -0.15) is 8.78 Å². The second-order valence-electron chi connectivity index (χ2n) is 5.83. The van der Waals surface area contributed by atoms with Gasteiger partial charge in [0.05, 0.1) is 13.2 Å². The highest BCUT2D eigenvalue weighted by Crippen LogP contribution is 2.42. The minimum Gasteiger partial charge on any atom is -0.481 e. The summed E-state index contributed by atoms with van der Waals surface area (Å²) in [6.07, 6.45) is 0. The SMILES string of the molecule is O=C(O)[C@]12COC[C@H]1CN(Cc1ccccc1OC(F)F)C2. The van der Waals surface area contributed by atoms with E-state index in [0.29, 0.717) is 31.8 Å². The first-order chi connectivity index (χ1) is 10.5. The summed E-state index contributed by atoms with van der Waals surface area (Å²) < 4.78 is 34.7. The van der Waals surface area contributed by atoms with Gasteiger partial charge in [-0.1, -0.05) is 18.2 Å². The molecule has 2 aliphatic heterocycles. The number of benzene rings is 1. The molecule has 1 aromatic carbocycles. The third-order valence-electron chi connectivity index (χ3n) is 4.45. The number of carboxylic acid groups (broad SMARTS) is 1. The van der Waals surface area contributed by atoms with Gasteiger partial charge in [0, 0.05) is 31.1 Å². The Morgan fingerprint density at radius 3 is 2.95 bits per heavy atom. The highest BCUT2D eigenvalue weighted by Gasteiger charge is 2.56. The van der Waals surface area contributed by atoms with E-state index < -0.39 is 18.0 Å². The van der Waals surface area contributed by atoms with Gasteiger partial charge in [-0.25, -0.2) is 0 Å². The lowest BCUT2D eigenvalue weighted by molar-refractivity contribution is -0.149. The molecule has 2 aliphatic rings. The molecule has 0 radical (unpaired) electrons. The Kier molecular flexibility index (Phi) is 4.01. The van der Waals surface area contributed by atoms with E-state index in [9.17, 15) is 18.7 Å². The summed E-state index contributed by atoms with van der Waals surface area (Å²) in [6, 6.07) is 6.59. The molecule has 7 heteroatoms. The van der Waals surface area contributed by atoms with Gasteiger partial charge in [-0.05, 0) is 6.07 Å². The van der Waals surface area contributed by atoms with Crippen LogP contribution in [0.1, 0.15) is 5.56 Å². The van der Waals surface area contributed by atoms with Gasteiger partial charge < -0.3 is 14.6 Å². The van der Waals surface area contributed by atoms with Crippen LogP contribution in [-0.4, -0.2) is 48.9 Å². The lowest BCUT2D eigenvalue weighted by Crippen LogP contribution is -2.38. The molecule has 0 amide bonds. The summed E-state index contributed by atoms with van der Waals surface area (Å²) in [5, 5.41) is 9.50. The van der Waals surface area contributed by atoms with Crippen LogP contribution < -0.4 is 4.74 Å². The summed E-state index contributed by atoms with van der Waals surface area (Å²) in [7, 11) is 0. The van der Waals surface area contributed by atoms with Crippen LogP contribution in [0.2, 0.25) is 0 Å². The third-order valence-corrected chi connectivity index (χ3v) is 4.45. The van der Waals surface area contributed by atoms with Gasteiger partial charge in [0.25, 0.3) is 0 Å². The van der Waals surface area contributed by atoms with Crippen LogP contribution in [0.3, 0.4) is 0 Å². The predicted octanol–water partition coefficient (Wildman–Crippen LogP) is 1.82. The topological polar surface area (TPSA) is 59.0 Å². The minimum absolute atomic E-state index is 0.0619. The Morgan fingerprint density at radius 2 is 2.27 bits per heavy atom. The molecule has 120 valence electrons. The number of carbonyl (C=O) groups is 1. The quantitative estimate of drug-likeness (QED) is 0.898. The van der Waals surface area contributed by atoms with Crippen LogP contribution in [-0.2, 0) is 16.1 Å². The highest BCUT2D eigenvalue weighted by molar-refractivity contribution is 5.76. The second-order valence-corrected chi connectivity index (χ2v) is 5.83. The van der Waals surface area contributed by atoms with E-state index in [4.69, 9.17) is 4.74 Å². The molecule has 2 heterocycles. The molecule has 2 atom stereocenters. The largest absolute Gasteiger partial charge is 0.481 e. The molecular formula is C15H17F2NO4. The van der Waals surface area contributed by atoms with Crippen LogP contribution in [0, 0.1) is 11.3 Å². The molecule has 5 nitrogen and oxygen atoms in total. The van der Waals surface area contributed by atoms with Crippen LogP contribution >= 0.6 is 0 Å². The molecule has 1 aromatic rings. The first-order valence-corrected chi connectivity index (χ1v) is 7.07. The molecule has 0 unspecified atom stereocenters. The number of rotatable bonds is 5. The molecule has 0 saturated carbocycles. The van der Waals surface area contributed by atoms with Gasteiger partial charge >= 0.3 is 12.6 Å². The molecular weight excluding hydrogens is 296 g/mol. The van der Waals surface area contributed by atoms with Crippen molar-refractivity contribution in [2.75, 3.05) is 26.3 Å². The van der Waals surface area contributed by atoms with Gasteiger partial charge in [0.1, 0.15) is 11.2 Å². The van der Waals surface area contributed by atoms with Crippen molar-refractivity contribution < 1.29 is 28.2 Å². The van der Waals surface area contributed by atoms with Crippen molar-refractivity contribution in [3.05, 3.63) is 29.8 Å². The van der Waals surface area contributed by atoms with Crippen molar-refractivity contribution >= 4 is 5.97 Å². The van der Waals surface area contributed by atoms with E-state index >= 15 is 0 Å². The van der Waals surface area contributed by atoms with Crippen molar-refractivity contribution in [1.29, 1.82) is 0 Å². The zero-order chi connectivity index (χ0) is 15.7. The summed E-state index contributed by atoms with van der Waals surface area (Å²) in [5.41, 5.74) is -0.248. The number of aliphatic carboxylic acids is 1. The number of carboxylic acids is 1. The lowest BCUT2D eigenvalue weighted by atomic mass is 9.81. The van der Waals surface area contributed by atoms with Gasteiger partial charge in [0.2, 0.25) is 0 Å². The Bertz CT molecular complexity index is 568. The first-order valence-electron chi connectivity index (χ1n) is 7.07. The normalized spacial score (nSPS) is 28.0. The Labute approximate surface area is 126 Å². The van der Waals surface area contributed by atoms with E-state index in [1.807, 2.05) is 4.90 Å². The van der Waals surface area contributed by atoms with Gasteiger partial charge in [0.15, 0.2) is 0 Å². The molecule has 2 saturated heterocycles. The molecule has 1 N–H and O–H groups in total. The number of alkyl halides is 2. The Morgan fingerprint density at radius 1 is 1.50 bits per heavy atom. The minimum atomic E-state index is -2.88. The molecule has 0 aliphatic carbocycles. The Balaban J connectivity index is 1.74. The number of halogens is 2. The molecule has 0 bridgehead atoms. The molecule has 3 rings (SSSR count). The predicted molar refractivity (Wildman–Crippen MR) is 72.7 cm³/mol. The first kappa shape index (κ1) is 15.2. The van der Waals surface area contributed by atoms with E-state index in [1.54, 1.807) is 18.2 Å². The van der Waals surface area contributed by atoms with Crippen LogP contribution in [0.5, 0.6) is 5.75 Å². The van der Waals surface area contributed by atoms with E-state index in [0.717, 1.165) is 0 Å². The number of fused-ring (bicyclic) bond motifs is 1. The average Bonchev–Trinajstić information content (AvgIpc) is 2.98. The van der Waals surface area contributed by atoms with E-state index in [-0.39, 0.29) is 18.3 Å². The van der Waals surface area contributed by atoms with Crippen LogP contribution in [0.4, 0.5) is 8.78 Å². The Hall–Kier alpha value is -1.73. The molecule has 0 aromatic heterocycles. The smallest absolute Gasteiger partial charge is 0.387 e. The number of likely N-dealkylation sites (tertiary alicyclic amines) is 1. The maximum Gasteiger partial charge on any atom is 0.387 e. The fraction of sp³-hybridized carbons (Fsp3) is 0.533. The molecule has 0 spiro atoms. The second kappa shape index (κ2) is 5.81. The summed E-state index contributed by atoms with van der Waals surface area (Å²) >= 11 is 0. The van der Waals surface area contributed by atoms with Crippen molar-refractivity contribution in [2.45, 2.75) is 13.2 Å². The van der Waals surface area contributed by atoms with Crippen LogP contribution in [0.15, 0.2) is 24.3 Å². The van der Waals surface area contributed by atoms with Crippen LogP contribution in [0.25, 0.3) is 0 Å². The zero-order valence-corrected chi connectivity index (χ0v) is 11.9. The van der Waals surface area contributed by atoms with Crippen molar-refractivity contribution in [3.63, 3.8) is 0 Å². The van der Waals surface area contributed by atoms with E-state index in [2.05, 4.69) is 4.74 Å². The third kappa shape index (κ3) is 2.66. The number of hydrogen-bond acceptors (Lipinski definition) is 4. The summed E-state index contributed by atoms with van der Waals surface area (Å²) in [6.45, 7) is -0.922. The van der Waals surface area contributed by atoms with Crippen molar-refractivity contribution in [3.8, 4) is 5.75 Å². The monoisotopic (exact) mass is 313 g/mol. The van der Waals surface area contributed by atoms with Gasteiger partial charge in [-0.15, -0.1) is 0 Å². The number of para-hydroxylation sites is 1. The van der Waals surface area contributed by atoms with Crippen molar-refractivity contribution in [1.82, 2.24) is 4.90 Å². The fourth-order valence-corrected chi connectivity index (χ4v) is 3.35. The number of hydrogen-bond donors (Lipinski definition) is 1. The average molecular weight is 313 g/mol.